The van der Waals surface area contributed by atoms with Crippen molar-refractivity contribution in [2.45, 2.75) is 40.0 Å². The van der Waals surface area contributed by atoms with Crippen LogP contribution in [0.4, 0.5) is 5.69 Å². The molecule has 0 saturated carbocycles. The van der Waals surface area contributed by atoms with Gasteiger partial charge in [-0.25, -0.2) is 4.98 Å². The Labute approximate surface area is 153 Å². The van der Waals surface area contributed by atoms with Gasteiger partial charge in [0.15, 0.2) is 0 Å². The predicted molar refractivity (Wildman–Crippen MR) is 107 cm³/mol. The minimum atomic E-state index is -0.450. The van der Waals surface area contributed by atoms with E-state index >= 15 is 0 Å². The summed E-state index contributed by atoms with van der Waals surface area (Å²) in [6.45, 7) is 6.01. The van der Waals surface area contributed by atoms with Gasteiger partial charge in [0.25, 0.3) is 5.91 Å². The predicted octanol–water partition coefficient (Wildman–Crippen LogP) is 4.70. The number of amides is 1. The summed E-state index contributed by atoms with van der Waals surface area (Å²) in [5.41, 5.74) is 12.5. The summed E-state index contributed by atoms with van der Waals surface area (Å²) in [4.78, 5) is 23.9. The van der Waals surface area contributed by atoms with Crippen LogP contribution >= 0.6 is 0 Å². The average Bonchev–Trinajstić information content (AvgIpc) is 3.09. The molecule has 3 N–H and O–H groups in total. The molecule has 3 aromatic rings. The highest BCUT2D eigenvalue weighted by Crippen LogP contribution is 2.34. The van der Waals surface area contributed by atoms with E-state index < -0.39 is 5.91 Å². The number of carbonyl (C=O) groups is 1. The largest absolute Gasteiger partial charge is 0.366 e. The molecule has 5 nitrogen and oxygen atoms in total. The van der Waals surface area contributed by atoms with E-state index in [0.717, 1.165) is 47.2 Å². The van der Waals surface area contributed by atoms with Gasteiger partial charge in [-0.05, 0) is 55.5 Å². The maximum Gasteiger partial charge on any atom is 0.251 e. The summed E-state index contributed by atoms with van der Waals surface area (Å²) in [6.07, 6.45) is 6.72. The molecule has 0 aliphatic heterocycles. The van der Waals surface area contributed by atoms with E-state index in [4.69, 9.17) is 5.73 Å². The van der Waals surface area contributed by atoms with Crippen LogP contribution in [0.2, 0.25) is 0 Å². The Bertz CT molecular complexity index is 985. The highest BCUT2D eigenvalue weighted by Gasteiger charge is 2.17. The molecule has 0 radical (unpaired) electrons. The minimum Gasteiger partial charge on any atom is -0.366 e. The maximum atomic E-state index is 11.8. The zero-order valence-electron chi connectivity index (χ0n) is 15.5. The zero-order valence-corrected chi connectivity index (χ0v) is 15.5. The fraction of sp³-hybridized carbons (Fsp3) is 0.286. The molecule has 0 unspecified atom stereocenters. The Kier molecular flexibility index (Phi) is 5.16. The topological polar surface area (TPSA) is 84.1 Å². The Hall–Kier alpha value is -2.95. The number of primary amides is 1. The molecule has 0 saturated heterocycles. The van der Waals surface area contributed by atoms with E-state index in [2.05, 4.69) is 40.1 Å². The number of carbonyl (C=O) groups excluding carboxylic acids is 1. The van der Waals surface area contributed by atoms with Gasteiger partial charge >= 0.3 is 0 Å². The molecule has 0 atom stereocenters. The van der Waals surface area contributed by atoms with Gasteiger partial charge in [-0.15, -0.1) is 0 Å². The lowest BCUT2D eigenvalue weighted by Gasteiger charge is -2.12. The van der Waals surface area contributed by atoms with Crippen molar-refractivity contribution in [2.75, 3.05) is 0 Å². The molecule has 3 rings (SSSR count). The van der Waals surface area contributed by atoms with Crippen LogP contribution in [0.25, 0.3) is 22.2 Å². The molecule has 2 aromatic carbocycles. The monoisotopic (exact) mass is 348 g/mol. The van der Waals surface area contributed by atoms with Crippen molar-refractivity contribution in [1.29, 1.82) is 0 Å². The van der Waals surface area contributed by atoms with Crippen LogP contribution in [0.1, 0.15) is 48.2 Å². The van der Waals surface area contributed by atoms with Crippen LogP contribution in [0, 0.1) is 6.92 Å². The quantitative estimate of drug-likeness (QED) is 0.633. The molecule has 26 heavy (non-hydrogen) atoms. The summed E-state index contributed by atoms with van der Waals surface area (Å²) in [6, 6.07) is 8.32. The third-order valence-corrected chi connectivity index (χ3v) is 4.61. The van der Waals surface area contributed by atoms with Crippen molar-refractivity contribution >= 4 is 28.8 Å². The van der Waals surface area contributed by atoms with Gasteiger partial charge in [0, 0.05) is 11.8 Å². The van der Waals surface area contributed by atoms with Crippen molar-refractivity contribution in [3.05, 3.63) is 47.3 Å². The standard InChI is InChI=1S/C21H24N4O/c1-4-6-7-14-8-9-15(11-17(14)23-5-2)16-10-13(3)18(21(22)26)20-19(16)24-12-25-20/h5,8-12H,4,6-7H2,1-3H3,(H2,22,26)(H,24,25)/b23-5-. The van der Waals surface area contributed by atoms with E-state index in [-0.39, 0.29) is 0 Å². The first-order chi connectivity index (χ1) is 12.6. The lowest BCUT2D eigenvalue weighted by atomic mass is 9.95. The maximum absolute atomic E-state index is 11.8. The molecule has 5 heteroatoms. The molecular weight excluding hydrogens is 324 g/mol. The van der Waals surface area contributed by atoms with Crippen LogP contribution in [0.15, 0.2) is 35.6 Å². The normalized spacial score (nSPS) is 11.5. The number of hydrogen-bond acceptors (Lipinski definition) is 3. The Morgan fingerprint density at radius 3 is 2.85 bits per heavy atom. The number of unbranched alkanes of at least 4 members (excludes halogenated alkanes) is 1. The van der Waals surface area contributed by atoms with Crippen molar-refractivity contribution in [3.8, 4) is 11.1 Å². The molecular formula is C21H24N4O. The lowest BCUT2D eigenvalue weighted by molar-refractivity contribution is 0.100. The number of aryl methyl sites for hydroxylation is 2. The van der Waals surface area contributed by atoms with E-state index in [9.17, 15) is 4.79 Å². The molecule has 0 aliphatic carbocycles. The summed E-state index contributed by atoms with van der Waals surface area (Å²) in [5, 5.41) is 0. The number of fused-ring (bicyclic) bond motifs is 1. The van der Waals surface area contributed by atoms with Gasteiger partial charge in [-0.3, -0.25) is 9.79 Å². The van der Waals surface area contributed by atoms with Gasteiger partial charge in [-0.2, -0.15) is 0 Å². The second-order valence-corrected chi connectivity index (χ2v) is 6.44. The number of nitrogens with one attached hydrogen (secondary N) is 1. The van der Waals surface area contributed by atoms with E-state index in [0.29, 0.717) is 11.1 Å². The fourth-order valence-electron chi connectivity index (χ4n) is 3.35. The highest BCUT2D eigenvalue weighted by molar-refractivity contribution is 6.09. The van der Waals surface area contributed by atoms with Crippen LogP contribution in [0.3, 0.4) is 0 Å². The van der Waals surface area contributed by atoms with Gasteiger partial charge in [0.05, 0.1) is 28.6 Å². The number of hydrogen-bond donors (Lipinski definition) is 2. The smallest absolute Gasteiger partial charge is 0.251 e. The second-order valence-electron chi connectivity index (χ2n) is 6.44. The van der Waals surface area contributed by atoms with Crippen LogP contribution < -0.4 is 5.73 Å². The number of rotatable bonds is 6. The van der Waals surface area contributed by atoms with Gasteiger partial charge < -0.3 is 10.7 Å². The minimum absolute atomic E-state index is 0.450. The van der Waals surface area contributed by atoms with Gasteiger partial charge in [0.2, 0.25) is 0 Å². The van der Waals surface area contributed by atoms with Gasteiger partial charge in [-0.1, -0.05) is 25.5 Å². The molecule has 1 aromatic heterocycles. The van der Waals surface area contributed by atoms with E-state index in [1.54, 1.807) is 6.33 Å². The van der Waals surface area contributed by atoms with Gasteiger partial charge in [0.1, 0.15) is 0 Å². The summed E-state index contributed by atoms with van der Waals surface area (Å²) in [5.74, 6) is -0.450. The SMILES string of the molecule is C/C=N\c1cc(-c2cc(C)c(C(N)=O)c3[nH]cnc23)ccc1CCCC. The van der Waals surface area contributed by atoms with Crippen LogP contribution in [0.5, 0.6) is 0 Å². The number of aromatic nitrogens is 2. The first-order valence-corrected chi connectivity index (χ1v) is 8.95. The number of nitrogens with zero attached hydrogens (tertiary/aromatic N) is 2. The van der Waals surface area contributed by atoms with E-state index in [1.165, 1.54) is 5.56 Å². The number of nitrogens with two attached hydrogens (primary N) is 1. The van der Waals surface area contributed by atoms with Crippen molar-refractivity contribution in [2.24, 2.45) is 10.7 Å². The molecule has 134 valence electrons. The number of aromatic amines is 1. The summed E-state index contributed by atoms with van der Waals surface area (Å²) >= 11 is 0. The second kappa shape index (κ2) is 7.52. The number of benzene rings is 2. The van der Waals surface area contributed by atoms with Crippen LogP contribution in [-0.4, -0.2) is 22.1 Å². The van der Waals surface area contributed by atoms with Crippen molar-refractivity contribution < 1.29 is 4.79 Å². The molecule has 0 spiro atoms. The lowest BCUT2D eigenvalue weighted by Crippen LogP contribution is -2.13. The number of aliphatic imine (C=N–C) groups is 1. The van der Waals surface area contributed by atoms with Crippen molar-refractivity contribution in [3.63, 3.8) is 0 Å². The molecule has 0 bridgehead atoms. The average molecular weight is 348 g/mol. The van der Waals surface area contributed by atoms with E-state index in [1.807, 2.05) is 26.1 Å². The molecule has 0 aliphatic rings. The zero-order chi connectivity index (χ0) is 18.7. The Balaban J connectivity index is 2.18. The number of imidazole rings is 1. The third-order valence-electron chi connectivity index (χ3n) is 4.61. The Morgan fingerprint density at radius 2 is 2.15 bits per heavy atom. The molecule has 1 heterocycles. The fourth-order valence-corrected chi connectivity index (χ4v) is 3.35. The van der Waals surface area contributed by atoms with Crippen molar-refractivity contribution in [1.82, 2.24) is 9.97 Å². The number of H-pyrrole nitrogens is 1. The summed E-state index contributed by atoms with van der Waals surface area (Å²) in [7, 11) is 0. The first-order valence-electron chi connectivity index (χ1n) is 8.95. The van der Waals surface area contributed by atoms with Crippen LogP contribution in [-0.2, 0) is 6.42 Å². The molecule has 1 amide bonds. The highest BCUT2D eigenvalue weighted by atomic mass is 16.1. The first kappa shape index (κ1) is 17.9. The summed E-state index contributed by atoms with van der Waals surface area (Å²) < 4.78 is 0. The third kappa shape index (κ3) is 3.25. The molecule has 0 fully saturated rings. The Morgan fingerprint density at radius 1 is 1.35 bits per heavy atom.